The highest BCUT2D eigenvalue weighted by Crippen LogP contribution is 2.46. The van der Waals surface area contributed by atoms with Crippen LogP contribution in [0.15, 0.2) is 164 Å². The fourth-order valence-electron chi connectivity index (χ4n) is 13.5. The molecule has 6 aliphatic rings. The van der Waals surface area contributed by atoms with Gasteiger partial charge in [0.2, 0.25) is 47.5 Å². The Kier molecular flexibility index (Phi) is 22.3. The highest BCUT2D eigenvalue weighted by Gasteiger charge is 2.40. The lowest BCUT2D eigenvalue weighted by Crippen LogP contribution is -2.46. The Labute approximate surface area is 600 Å². The number of nitrogens with zero attached hydrogens (tertiary/aromatic N) is 12. The van der Waals surface area contributed by atoms with Crippen LogP contribution in [0.25, 0.3) is 50.9 Å². The Bertz CT molecular complexity index is 4870. The van der Waals surface area contributed by atoms with E-state index in [1.165, 1.54) is 32.6 Å². The summed E-state index contributed by atoms with van der Waals surface area (Å²) in [6.45, 7) is 8.07. The van der Waals surface area contributed by atoms with Crippen molar-refractivity contribution in [1.29, 1.82) is 0 Å². The summed E-state index contributed by atoms with van der Waals surface area (Å²) >= 11 is 0. The molecule has 0 saturated carbocycles. The van der Waals surface area contributed by atoms with Crippen molar-refractivity contribution >= 4 is 46.8 Å². The number of rotatable bonds is 22. The van der Waals surface area contributed by atoms with Gasteiger partial charge in [0.05, 0.1) is 38.4 Å². The van der Waals surface area contributed by atoms with Crippen LogP contribution >= 0.6 is 0 Å². The molecule has 3 aromatic heterocycles. The number of sulfonamides is 3. The van der Waals surface area contributed by atoms with Gasteiger partial charge in [-0.2, -0.15) is 14.4 Å². The maximum Gasteiger partial charge on any atom is 0.208 e. The standard InChI is InChI=1S/C26H32N6O3S.C24H28N6O3S.C23H26N6O3S/c1-36(33,34)28-15-5-2-6-18-32-30-25(29-31-32)21-11-9-20(10-12-21)23-19-26(13-16-27-17-14-26)35-24-8-4-3-7-22(23)24;1-34(31,32)26-13-4-16-30-28-23(27-29-30)19-9-7-18(8-10-19)21-17-24(11-14-25-15-12-24)33-22-6-3-2-5-20(21)22;1-33(30,31)25-14-15-29-27-22(26-28-29)18-8-6-17(7-9-18)20-16-23(10-12-24-13-11-23)32-21-5-3-2-4-19(20)21/h3-4,7-12,19,27-28H,2,5-6,13-18H2,1H3;2-3,5-10,17,25-26H,4,11-16H2,1H3;2-9,16,24-25H,10-15H2,1H3. The van der Waals surface area contributed by atoms with Gasteiger partial charge in [-0.1, -0.05) is 134 Å². The summed E-state index contributed by atoms with van der Waals surface area (Å²) in [6, 6.07) is 49.3. The number of aromatic nitrogens is 12. The molecule has 9 heterocycles. The van der Waals surface area contributed by atoms with Crippen LogP contribution in [0.3, 0.4) is 0 Å². The second-order valence-electron chi connectivity index (χ2n) is 26.7. The van der Waals surface area contributed by atoms with Gasteiger partial charge in [0.1, 0.15) is 34.1 Å². The van der Waals surface area contributed by atoms with Gasteiger partial charge in [0.25, 0.3) is 0 Å². The van der Waals surface area contributed by atoms with E-state index in [-0.39, 0.29) is 23.3 Å². The predicted octanol–water partition coefficient (Wildman–Crippen LogP) is 7.07. The molecule has 9 aromatic rings. The predicted molar refractivity (Wildman–Crippen MR) is 394 cm³/mol. The summed E-state index contributed by atoms with van der Waals surface area (Å²) in [5, 5.41) is 48.4. The molecule has 0 aliphatic carbocycles. The van der Waals surface area contributed by atoms with Gasteiger partial charge in [-0.3, -0.25) is 0 Å². The normalized spacial score (nSPS) is 17.1. The number of hydrogen-bond acceptors (Lipinski definition) is 21. The summed E-state index contributed by atoms with van der Waals surface area (Å²) in [5.74, 6) is 4.43. The van der Waals surface area contributed by atoms with Gasteiger partial charge in [-0.25, -0.2) is 39.4 Å². The molecule has 0 bridgehead atoms. The average Bonchev–Trinajstić information content (AvgIpc) is 1.77. The molecular weight excluding hydrogens is 1370 g/mol. The lowest BCUT2D eigenvalue weighted by Gasteiger charge is -2.40. The zero-order valence-corrected chi connectivity index (χ0v) is 60.4. The van der Waals surface area contributed by atoms with Gasteiger partial charge >= 0.3 is 0 Å². The maximum absolute atomic E-state index is 11.2. The first-order valence-corrected chi connectivity index (χ1v) is 40.6. The minimum atomic E-state index is -3.24. The Hall–Kier alpha value is -9.24. The summed E-state index contributed by atoms with van der Waals surface area (Å²) in [4.78, 5) is 4.48. The highest BCUT2D eigenvalue weighted by molar-refractivity contribution is 7.89. The van der Waals surface area contributed by atoms with Crippen molar-refractivity contribution in [2.75, 3.05) is 77.7 Å². The van der Waals surface area contributed by atoms with E-state index in [0.29, 0.717) is 56.6 Å². The first-order chi connectivity index (χ1) is 49.7. The number of ether oxygens (including phenoxy) is 3. The number of hydrogen-bond donors (Lipinski definition) is 6. The van der Waals surface area contributed by atoms with E-state index in [1.807, 2.05) is 78.9 Å². The molecule has 3 saturated heterocycles. The molecule has 6 aromatic carbocycles. The Morgan fingerprint density at radius 3 is 0.990 bits per heavy atom. The van der Waals surface area contributed by atoms with Crippen LogP contribution in [0.2, 0.25) is 0 Å². The van der Waals surface area contributed by atoms with Crippen LogP contribution in [0, 0.1) is 0 Å². The lowest BCUT2D eigenvalue weighted by atomic mass is 9.83. The van der Waals surface area contributed by atoms with E-state index >= 15 is 0 Å². The first-order valence-electron chi connectivity index (χ1n) is 34.9. The van der Waals surface area contributed by atoms with Gasteiger partial charge in [0.15, 0.2) is 0 Å². The summed E-state index contributed by atoms with van der Waals surface area (Å²) < 4.78 is 93.7. The quantitative estimate of drug-likeness (QED) is 0.0370. The molecule has 0 atom stereocenters. The van der Waals surface area contributed by atoms with Crippen LogP contribution < -0.4 is 44.3 Å². The molecule has 0 unspecified atom stereocenters. The van der Waals surface area contributed by atoms with Crippen LogP contribution in [-0.4, -0.2) is 180 Å². The SMILES string of the molecule is CS(=O)(=O)NCCCCCn1nnc(-c2ccc(C3=CC4(CCNCC4)Oc4ccccc43)cc2)n1.CS(=O)(=O)NCCCn1nnc(-c2ccc(C3=CC4(CCNCC4)Oc4ccccc43)cc2)n1.CS(=O)(=O)NCCn1nnc(-c2ccc(C3=CC4(CCNCC4)Oc4ccccc43)cc2)n1. The molecule has 103 heavy (non-hydrogen) atoms. The van der Waals surface area contributed by atoms with E-state index < -0.39 is 30.1 Å². The molecule has 15 rings (SSSR count). The van der Waals surface area contributed by atoms with Crippen molar-refractivity contribution < 1.29 is 39.5 Å². The van der Waals surface area contributed by atoms with E-state index in [0.717, 1.165) is 177 Å². The molecule has 6 N–H and O–H groups in total. The number of aryl methyl sites for hydroxylation is 2. The molecule has 0 amide bonds. The van der Waals surface area contributed by atoms with Gasteiger partial charge < -0.3 is 30.2 Å². The van der Waals surface area contributed by atoms with Crippen LogP contribution in [0.4, 0.5) is 0 Å². The highest BCUT2D eigenvalue weighted by atomic mass is 32.2. The summed E-state index contributed by atoms with van der Waals surface area (Å²) in [6.07, 6.45) is 19.1. The molecule has 27 nitrogen and oxygen atoms in total. The van der Waals surface area contributed by atoms with Crippen LogP contribution in [0.1, 0.15) is 97.6 Å². The van der Waals surface area contributed by atoms with E-state index in [2.05, 4.69) is 161 Å². The van der Waals surface area contributed by atoms with Crippen molar-refractivity contribution in [2.24, 2.45) is 0 Å². The number of nitrogens with one attached hydrogen (secondary N) is 6. The average molecular weight is 1460 g/mol. The van der Waals surface area contributed by atoms with Crippen LogP contribution in [0.5, 0.6) is 17.2 Å². The van der Waals surface area contributed by atoms with Gasteiger partial charge in [-0.15, -0.1) is 30.6 Å². The van der Waals surface area contributed by atoms with Crippen molar-refractivity contribution in [3.63, 3.8) is 0 Å². The molecule has 540 valence electrons. The third kappa shape index (κ3) is 18.8. The Balaban J connectivity index is 0.000000138. The minimum Gasteiger partial charge on any atom is -0.482 e. The Morgan fingerprint density at radius 2 is 0.650 bits per heavy atom. The van der Waals surface area contributed by atoms with E-state index in [4.69, 9.17) is 14.2 Å². The second kappa shape index (κ2) is 31.8. The summed E-state index contributed by atoms with van der Waals surface area (Å²) in [5.41, 5.74) is 12.1. The third-order valence-electron chi connectivity index (χ3n) is 18.7. The second-order valence-corrected chi connectivity index (χ2v) is 32.2. The topological polar surface area (TPSA) is 333 Å². The molecular formula is C73H86N18O9S3. The number of para-hydroxylation sites is 3. The lowest BCUT2D eigenvalue weighted by molar-refractivity contribution is 0.0814. The van der Waals surface area contributed by atoms with Crippen molar-refractivity contribution in [3.8, 4) is 51.4 Å². The number of fused-ring (bicyclic) bond motifs is 3. The third-order valence-corrected chi connectivity index (χ3v) is 20.9. The number of piperidine rings is 3. The monoisotopic (exact) mass is 1450 g/mol. The smallest absolute Gasteiger partial charge is 0.208 e. The van der Waals surface area contributed by atoms with Gasteiger partial charge in [-0.05, 0) is 144 Å². The molecule has 3 fully saturated rings. The number of tetrazole rings is 3. The molecule has 0 radical (unpaired) electrons. The zero-order chi connectivity index (χ0) is 71.5. The van der Waals surface area contributed by atoms with E-state index in [9.17, 15) is 25.3 Å². The van der Waals surface area contributed by atoms with Crippen molar-refractivity contribution in [2.45, 2.75) is 101 Å². The largest absolute Gasteiger partial charge is 0.482 e. The molecule has 6 aliphatic heterocycles. The molecule has 30 heteroatoms. The summed E-state index contributed by atoms with van der Waals surface area (Å²) in [7, 11) is -9.56. The van der Waals surface area contributed by atoms with Crippen molar-refractivity contribution in [3.05, 3.63) is 197 Å². The number of unbranched alkanes of at least 4 members (excludes halogenated alkanes) is 2. The Morgan fingerprint density at radius 1 is 0.359 bits per heavy atom. The van der Waals surface area contributed by atoms with Crippen molar-refractivity contribution in [1.82, 2.24) is 90.7 Å². The van der Waals surface area contributed by atoms with E-state index in [1.54, 1.807) is 4.80 Å². The zero-order valence-electron chi connectivity index (χ0n) is 57.9. The molecule has 3 spiro atoms. The first kappa shape index (κ1) is 72.1. The maximum atomic E-state index is 11.2. The van der Waals surface area contributed by atoms with Gasteiger partial charge in [0, 0.05) is 91.5 Å². The van der Waals surface area contributed by atoms with Crippen LogP contribution in [-0.2, 0) is 49.7 Å². The minimum absolute atomic E-state index is 0.209. The number of benzene rings is 6. The fourth-order valence-corrected chi connectivity index (χ4v) is 15.0. The fraction of sp³-hybridized carbons (Fsp3) is 0.384.